The molecule has 0 spiro atoms. The zero-order valence-corrected chi connectivity index (χ0v) is 18.2. The van der Waals surface area contributed by atoms with Crippen LogP contribution >= 0.6 is 0 Å². The molecule has 0 saturated heterocycles. The molecule has 0 unspecified atom stereocenters. The summed E-state index contributed by atoms with van der Waals surface area (Å²) in [5, 5.41) is 8.81. The Bertz CT molecular complexity index is 742. The van der Waals surface area contributed by atoms with Crippen LogP contribution in [0.25, 0.3) is 11.1 Å². The minimum absolute atomic E-state index is 0.487. The molecule has 1 aliphatic rings. The van der Waals surface area contributed by atoms with E-state index in [1.807, 2.05) is 0 Å². The first kappa shape index (κ1) is 21.6. The van der Waals surface area contributed by atoms with Crippen molar-refractivity contribution in [1.82, 2.24) is 0 Å². The molecule has 0 aliphatic heterocycles. The van der Waals surface area contributed by atoms with Gasteiger partial charge in [-0.1, -0.05) is 100 Å². The van der Waals surface area contributed by atoms with Gasteiger partial charge in [-0.2, -0.15) is 5.26 Å². The van der Waals surface area contributed by atoms with Crippen LogP contribution in [0, 0.1) is 17.2 Å². The number of nitrogens with zero attached hydrogens (tertiary/aromatic N) is 1. The number of hydrogen-bond acceptors (Lipinski definition) is 1. The molecule has 1 fully saturated rings. The molecule has 1 saturated carbocycles. The predicted octanol–water partition coefficient (Wildman–Crippen LogP) is 8.44. The van der Waals surface area contributed by atoms with Gasteiger partial charge in [-0.25, -0.2) is 0 Å². The summed E-state index contributed by atoms with van der Waals surface area (Å²) in [6, 6.07) is 19.9. The third-order valence-electron chi connectivity index (χ3n) is 6.77. The minimum atomic E-state index is 0.487. The van der Waals surface area contributed by atoms with Crippen LogP contribution in [0.3, 0.4) is 0 Å². The summed E-state index contributed by atoms with van der Waals surface area (Å²) >= 11 is 0. The third kappa shape index (κ3) is 6.74. The van der Waals surface area contributed by atoms with Crippen LogP contribution < -0.4 is 0 Å². The van der Waals surface area contributed by atoms with E-state index in [4.69, 9.17) is 5.26 Å². The number of rotatable bonds is 10. The zero-order valence-electron chi connectivity index (χ0n) is 18.2. The van der Waals surface area contributed by atoms with E-state index in [9.17, 15) is 0 Å². The van der Waals surface area contributed by atoms with E-state index in [1.54, 1.807) is 0 Å². The Hall–Kier alpha value is -2.07. The van der Waals surface area contributed by atoms with Gasteiger partial charge in [0.15, 0.2) is 0 Å². The molecule has 2 aromatic carbocycles. The lowest BCUT2D eigenvalue weighted by atomic mass is 9.77. The average Bonchev–Trinajstić information content (AvgIpc) is 2.78. The Kier molecular flexibility index (Phi) is 8.82. The first-order chi connectivity index (χ1) is 14.3. The van der Waals surface area contributed by atoms with Gasteiger partial charge in [0, 0.05) is 0 Å². The van der Waals surface area contributed by atoms with Crippen LogP contribution in [0.5, 0.6) is 0 Å². The van der Waals surface area contributed by atoms with Gasteiger partial charge in [0.25, 0.3) is 0 Å². The predicted molar refractivity (Wildman–Crippen MR) is 124 cm³/mol. The van der Waals surface area contributed by atoms with Crippen molar-refractivity contribution in [1.29, 1.82) is 5.26 Å². The van der Waals surface area contributed by atoms with Gasteiger partial charge in [0.2, 0.25) is 0 Å². The molecule has 0 heterocycles. The van der Waals surface area contributed by atoms with E-state index in [1.165, 1.54) is 87.3 Å². The molecule has 0 radical (unpaired) electrons. The molecule has 0 bridgehead atoms. The Morgan fingerprint density at radius 1 is 0.759 bits per heavy atom. The van der Waals surface area contributed by atoms with Gasteiger partial charge in [0.1, 0.15) is 0 Å². The van der Waals surface area contributed by atoms with Crippen LogP contribution in [0.4, 0.5) is 0 Å². The number of nitriles is 1. The van der Waals surface area contributed by atoms with Crippen molar-refractivity contribution in [2.24, 2.45) is 5.92 Å². The molecule has 154 valence electrons. The first-order valence-electron chi connectivity index (χ1n) is 11.9. The molecular weight excluding hydrogens is 350 g/mol. The van der Waals surface area contributed by atoms with Crippen LogP contribution in [-0.2, 0) is 6.42 Å². The van der Waals surface area contributed by atoms with Gasteiger partial charge in [-0.05, 0) is 59.8 Å². The van der Waals surface area contributed by atoms with Crippen LogP contribution in [0.1, 0.15) is 94.6 Å². The van der Waals surface area contributed by atoms with E-state index in [0.717, 1.165) is 17.4 Å². The first-order valence-corrected chi connectivity index (χ1v) is 11.9. The molecule has 0 N–H and O–H groups in total. The highest BCUT2D eigenvalue weighted by Gasteiger charge is 2.22. The summed E-state index contributed by atoms with van der Waals surface area (Å²) in [6.45, 7) is 2.29. The van der Waals surface area contributed by atoms with Crippen molar-refractivity contribution >= 4 is 0 Å². The van der Waals surface area contributed by atoms with Gasteiger partial charge >= 0.3 is 0 Å². The lowest BCUT2D eigenvalue weighted by molar-refractivity contribution is 0.302. The maximum absolute atomic E-state index is 8.81. The average molecular weight is 388 g/mol. The SMILES string of the molecule is CCCCCCCCC1CCC(c2ccc(-c3ccc(CC#N)cc3)cc2)CC1. The van der Waals surface area contributed by atoms with Crippen molar-refractivity contribution in [3.05, 3.63) is 59.7 Å². The van der Waals surface area contributed by atoms with E-state index in [2.05, 4.69) is 61.5 Å². The smallest absolute Gasteiger partial charge is 0.0669 e. The summed E-state index contributed by atoms with van der Waals surface area (Å²) in [5.41, 5.74) is 5.12. The summed E-state index contributed by atoms with van der Waals surface area (Å²) in [6.07, 6.45) is 16.0. The number of unbranched alkanes of at least 4 members (excludes halogenated alkanes) is 5. The highest BCUT2D eigenvalue weighted by Crippen LogP contribution is 2.38. The quantitative estimate of drug-likeness (QED) is 0.375. The van der Waals surface area contributed by atoms with Crippen molar-refractivity contribution < 1.29 is 0 Å². The van der Waals surface area contributed by atoms with Gasteiger partial charge in [-0.3, -0.25) is 0 Å². The topological polar surface area (TPSA) is 23.8 Å². The molecule has 29 heavy (non-hydrogen) atoms. The second-order valence-electron chi connectivity index (χ2n) is 8.93. The van der Waals surface area contributed by atoms with E-state index in [0.29, 0.717) is 6.42 Å². The Labute approximate surface area is 178 Å². The highest BCUT2D eigenvalue weighted by atomic mass is 14.3. The molecule has 1 heteroatoms. The molecular formula is C28H37N. The molecule has 1 aliphatic carbocycles. The monoisotopic (exact) mass is 387 g/mol. The fraction of sp³-hybridized carbons (Fsp3) is 0.536. The lowest BCUT2D eigenvalue weighted by Gasteiger charge is -2.29. The van der Waals surface area contributed by atoms with Crippen LogP contribution in [0.15, 0.2) is 48.5 Å². The molecule has 3 rings (SSSR count). The van der Waals surface area contributed by atoms with E-state index in [-0.39, 0.29) is 0 Å². The fourth-order valence-electron chi connectivity index (χ4n) is 4.85. The highest BCUT2D eigenvalue weighted by molar-refractivity contribution is 5.64. The third-order valence-corrected chi connectivity index (χ3v) is 6.77. The van der Waals surface area contributed by atoms with Crippen LogP contribution in [0.2, 0.25) is 0 Å². The summed E-state index contributed by atoms with van der Waals surface area (Å²) in [4.78, 5) is 0. The number of hydrogen-bond donors (Lipinski definition) is 0. The van der Waals surface area contributed by atoms with Gasteiger partial charge in [0.05, 0.1) is 12.5 Å². The maximum Gasteiger partial charge on any atom is 0.0669 e. The Morgan fingerprint density at radius 2 is 1.34 bits per heavy atom. The summed E-state index contributed by atoms with van der Waals surface area (Å²) in [7, 11) is 0. The lowest BCUT2D eigenvalue weighted by Crippen LogP contribution is -2.13. The largest absolute Gasteiger partial charge is 0.198 e. The second-order valence-corrected chi connectivity index (χ2v) is 8.93. The Morgan fingerprint density at radius 3 is 1.97 bits per heavy atom. The normalized spacial score (nSPS) is 19.0. The second kappa shape index (κ2) is 11.8. The van der Waals surface area contributed by atoms with Crippen molar-refractivity contribution in [2.75, 3.05) is 0 Å². The van der Waals surface area contributed by atoms with Crippen molar-refractivity contribution in [2.45, 2.75) is 89.9 Å². The molecule has 0 amide bonds. The molecule has 0 atom stereocenters. The molecule has 2 aromatic rings. The van der Waals surface area contributed by atoms with Crippen molar-refractivity contribution in [3.8, 4) is 17.2 Å². The molecule has 1 nitrogen and oxygen atoms in total. The van der Waals surface area contributed by atoms with Crippen molar-refractivity contribution in [3.63, 3.8) is 0 Å². The van der Waals surface area contributed by atoms with E-state index < -0.39 is 0 Å². The van der Waals surface area contributed by atoms with Gasteiger partial charge in [-0.15, -0.1) is 0 Å². The summed E-state index contributed by atoms with van der Waals surface area (Å²) < 4.78 is 0. The van der Waals surface area contributed by atoms with E-state index >= 15 is 0 Å². The standard InChI is InChI=1S/C28H37N/c1-2-3-4-5-6-7-8-23-9-13-25(14-10-23)27-17-19-28(20-18-27)26-15-11-24(12-16-26)21-22-29/h11-12,15-20,23,25H,2-10,13-14,21H2,1H3. The number of benzene rings is 2. The molecule has 0 aromatic heterocycles. The zero-order chi connectivity index (χ0) is 20.3. The van der Waals surface area contributed by atoms with Gasteiger partial charge < -0.3 is 0 Å². The summed E-state index contributed by atoms with van der Waals surface area (Å²) in [5.74, 6) is 1.73. The fourth-order valence-corrected chi connectivity index (χ4v) is 4.85. The minimum Gasteiger partial charge on any atom is -0.198 e. The maximum atomic E-state index is 8.81. The Balaban J connectivity index is 1.43. The van der Waals surface area contributed by atoms with Crippen LogP contribution in [-0.4, -0.2) is 0 Å².